The highest BCUT2D eigenvalue weighted by molar-refractivity contribution is 7.13. The second-order valence-electron chi connectivity index (χ2n) is 6.70. The monoisotopic (exact) mass is 313 g/mol. The SMILES string of the molecule is CC(C)CC(CN(C)C)Nc1nc(C(C)(C)C(=O)O)cs1. The largest absolute Gasteiger partial charge is 0.481 e. The first-order valence-electron chi connectivity index (χ1n) is 7.23. The molecule has 0 aliphatic rings. The summed E-state index contributed by atoms with van der Waals surface area (Å²) in [5.74, 6) is -0.260. The molecule has 6 heteroatoms. The van der Waals surface area contributed by atoms with Crippen molar-refractivity contribution in [2.45, 2.75) is 45.6 Å². The van der Waals surface area contributed by atoms with Crippen molar-refractivity contribution in [3.8, 4) is 0 Å². The van der Waals surface area contributed by atoms with Gasteiger partial charge in [-0.3, -0.25) is 4.79 Å². The van der Waals surface area contributed by atoms with E-state index in [2.05, 4.69) is 43.1 Å². The molecule has 0 aliphatic heterocycles. The lowest BCUT2D eigenvalue weighted by Gasteiger charge is -2.23. The molecule has 0 spiro atoms. The van der Waals surface area contributed by atoms with Crippen LogP contribution in [0.3, 0.4) is 0 Å². The van der Waals surface area contributed by atoms with E-state index in [4.69, 9.17) is 0 Å². The molecular weight excluding hydrogens is 286 g/mol. The van der Waals surface area contributed by atoms with E-state index >= 15 is 0 Å². The fourth-order valence-corrected chi connectivity index (χ4v) is 3.06. The minimum atomic E-state index is -0.953. The van der Waals surface area contributed by atoms with Gasteiger partial charge in [-0.1, -0.05) is 13.8 Å². The van der Waals surface area contributed by atoms with Crippen LogP contribution in [0.5, 0.6) is 0 Å². The lowest BCUT2D eigenvalue weighted by molar-refractivity contribution is -0.142. The molecule has 1 aromatic heterocycles. The Labute approximate surface area is 131 Å². The summed E-state index contributed by atoms with van der Waals surface area (Å²) in [4.78, 5) is 17.9. The van der Waals surface area contributed by atoms with E-state index in [1.165, 1.54) is 11.3 Å². The highest BCUT2D eigenvalue weighted by atomic mass is 32.1. The number of likely N-dealkylation sites (N-methyl/N-ethyl adjacent to an activating group) is 1. The molecule has 0 aromatic carbocycles. The van der Waals surface area contributed by atoms with Crippen LogP contribution in [0.2, 0.25) is 0 Å². The second kappa shape index (κ2) is 7.22. The number of hydrogen-bond acceptors (Lipinski definition) is 5. The van der Waals surface area contributed by atoms with Crippen molar-refractivity contribution in [2.24, 2.45) is 5.92 Å². The summed E-state index contributed by atoms with van der Waals surface area (Å²) in [5, 5.41) is 15.3. The highest BCUT2D eigenvalue weighted by Crippen LogP contribution is 2.28. The van der Waals surface area contributed by atoms with Crippen molar-refractivity contribution < 1.29 is 9.90 Å². The van der Waals surface area contributed by atoms with Crippen LogP contribution in [-0.4, -0.2) is 47.6 Å². The van der Waals surface area contributed by atoms with Gasteiger partial charge in [-0.05, 0) is 40.3 Å². The maximum absolute atomic E-state index is 11.3. The molecule has 5 nitrogen and oxygen atoms in total. The number of thiazole rings is 1. The van der Waals surface area contributed by atoms with Gasteiger partial charge in [-0.15, -0.1) is 11.3 Å². The Morgan fingerprint density at radius 3 is 2.57 bits per heavy atom. The molecule has 0 fully saturated rings. The van der Waals surface area contributed by atoms with Gasteiger partial charge in [0, 0.05) is 18.0 Å². The second-order valence-corrected chi connectivity index (χ2v) is 7.56. The molecule has 0 saturated heterocycles. The zero-order valence-electron chi connectivity index (χ0n) is 13.8. The number of nitrogens with zero attached hydrogens (tertiary/aromatic N) is 2. The maximum Gasteiger partial charge on any atom is 0.315 e. The fraction of sp³-hybridized carbons (Fsp3) is 0.733. The van der Waals surface area contributed by atoms with Gasteiger partial charge in [0.15, 0.2) is 5.13 Å². The smallest absolute Gasteiger partial charge is 0.315 e. The number of nitrogens with one attached hydrogen (secondary N) is 1. The minimum absolute atomic E-state index is 0.312. The zero-order valence-corrected chi connectivity index (χ0v) is 14.6. The van der Waals surface area contributed by atoms with Crippen LogP contribution in [0.4, 0.5) is 5.13 Å². The van der Waals surface area contributed by atoms with Crippen LogP contribution in [0, 0.1) is 5.92 Å². The fourth-order valence-electron chi connectivity index (χ4n) is 2.10. The topological polar surface area (TPSA) is 65.5 Å². The molecule has 1 atom stereocenters. The number of anilines is 1. The Hall–Kier alpha value is -1.14. The maximum atomic E-state index is 11.3. The number of carbonyl (C=O) groups is 1. The van der Waals surface area contributed by atoms with Crippen LogP contribution in [0.1, 0.15) is 39.8 Å². The lowest BCUT2D eigenvalue weighted by atomic mass is 9.90. The average molecular weight is 313 g/mol. The Kier molecular flexibility index (Phi) is 6.16. The van der Waals surface area contributed by atoms with E-state index in [0.717, 1.165) is 18.1 Å². The van der Waals surface area contributed by atoms with Crippen molar-refractivity contribution in [1.82, 2.24) is 9.88 Å². The summed E-state index contributed by atoms with van der Waals surface area (Å²) in [7, 11) is 4.10. The molecule has 1 rings (SSSR count). The summed E-state index contributed by atoms with van der Waals surface area (Å²) >= 11 is 1.47. The van der Waals surface area contributed by atoms with E-state index in [1.54, 1.807) is 13.8 Å². The van der Waals surface area contributed by atoms with Gasteiger partial charge < -0.3 is 15.3 Å². The molecule has 120 valence electrons. The highest BCUT2D eigenvalue weighted by Gasteiger charge is 2.32. The van der Waals surface area contributed by atoms with Gasteiger partial charge >= 0.3 is 5.97 Å². The van der Waals surface area contributed by atoms with Gasteiger partial charge in [0.1, 0.15) is 5.41 Å². The molecular formula is C15H27N3O2S. The van der Waals surface area contributed by atoms with Crippen molar-refractivity contribution in [1.29, 1.82) is 0 Å². The number of carboxylic acid groups (broad SMARTS) is 1. The molecule has 0 amide bonds. The first-order chi connectivity index (χ1) is 9.62. The van der Waals surface area contributed by atoms with Gasteiger partial charge in [0.25, 0.3) is 0 Å². The summed E-state index contributed by atoms with van der Waals surface area (Å²) < 4.78 is 0. The number of aromatic nitrogens is 1. The molecule has 0 aliphatic carbocycles. The summed E-state index contributed by atoms with van der Waals surface area (Å²) in [6.45, 7) is 8.69. The number of rotatable bonds is 8. The van der Waals surface area contributed by atoms with Crippen molar-refractivity contribution in [3.05, 3.63) is 11.1 Å². The van der Waals surface area contributed by atoms with Crippen LogP contribution >= 0.6 is 11.3 Å². The predicted molar refractivity (Wildman–Crippen MR) is 88.2 cm³/mol. The Morgan fingerprint density at radius 1 is 1.48 bits per heavy atom. The molecule has 1 heterocycles. The van der Waals surface area contributed by atoms with Crippen LogP contribution in [-0.2, 0) is 10.2 Å². The summed E-state index contributed by atoms with van der Waals surface area (Å²) in [6, 6.07) is 0.312. The standard InChI is InChI=1S/C15H27N3O2S/c1-10(2)7-11(8-18(5)6)16-14-17-12(9-21-14)15(3,4)13(19)20/h9-11H,7-8H2,1-6H3,(H,16,17)(H,19,20). The van der Waals surface area contributed by atoms with E-state index in [9.17, 15) is 9.90 Å². The molecule has 1 unspecified atom stereocenters. The molecule has 0 saturated carbocycles. The quantitative estimate of drug-likeness (QED) is 0.772. The molecule has 2 N–H and O–H groups in total. The van der Waals surface area contributed by atoms with Gasteiger partial charge in [-0.25, -0.2) is 4.98 Å². The number of hydrogen-bond donors (Lipinski definition) is 2. The third kappa shape index (κ3) is 5.28. The van der Waals surface area contributed by atoms with Gasteiger partial charge in [0.2, 0.25) is 0 Å². The normalized spacial score (nSPS) is 13.7. The molecule has 0 bridgehead atoms. The first kappa shape index (κ1) is 17.9. The molecule has 1 aromatic rings. The first-order valence-corrected chi connectivity index (χ1v) is 8.11. The van der Waals surface area contributed by atoms with Crippen LogP contribution < -0.4 is 5.32 Å². The van der Waals surface area contributed by atoms with E-state index in [-0.39, 0.29) is 0 Å². The Balaban J connectivity index is 2.81. The average Bonchev–Trinajstić information content (AvgIpc) is 2.75. The van der Waals surface area contributed by atoms with Crippen LogP contribution in [0.15, 0.2) is 5.38 Å². The third-order valence-electron chi connectivity index (χ3n) is 3.35. The van der Waals surface area contributed by atoms with Crippen molar-refractivity contribution >= 4 is 22.4 Å². The molecule has 0 radical (unpaired) electrons. The molecule has 21 heavy (non-hydrogen) atoms. The Morgan fingerprint density at radius 2 is 2.10 bits per heavy atom. The van der Waals surface area contributed by atoms with Crippen molar-refractivity contribution in [2.75, 3.05) is 26.0 Å². The van der Waals surface area contributed by atoms with Gasteiger partial charge in [-0.2, -0.15) is 0 Å². The van der Waals surface area contributed by atoms with Crippen LogP contribution in [0.25, 0.3) is 0 Å². The minimum Gasteiger partial charge on any atom is -0.481 e. The summed E-state index contributed by atoms with van der Waals surface area (Å²) in [5.41, 5.74) is -0.346. The van der Waals surface area contributed by atoms with E-state index in [0.29, 0.717) is 17.7 Å². The predicted octanol–water partition coefficient (Wildman–Crippen LogP) is 2.89. The van der Waals surface area contributed by atoms with E-state index in [1.807, 2.05) is 5.38 Å². The van der Waals surface area contributed by atoms with Crippen molar-refractivity contribution in [3.63, 3.8) is 0 Å². The van der Waals surface area contributed by atoms with E-state index < -0.39 is 11.4 Å². The lowest BCUT2D eigenvalue weighted by Crippen LogP contribution is -2.33. The number of carboxylic acids is 1. The number of aliphatic carboxylic acids is 1. The zero-order chi connectivity index (χ0) is 16.2. The van der Waals surface area contributed by atoms with Gasteiger partial charge in [0.05, 0.1) is 5.69 Å². The Bertz CT molecular complexity index is 459. The third-order valence-corrected chi connectivity index (χ3v) is 4.12. The summed E-state index contributed by atoms with van der Waals surface area (Å²) in [6.07, 6.45) is 1.05.